The van der Waals surface area contributed by atoms with Gasteiger partial charge >= 0.3 is 41.9 Å². The van der Waals surface area contributed by atoms with Gasteiger partial charge in [-0.1, -0.05) is 37.4 Å². The van der Waals surface area contributed by atoms with Gasteiger partial charge in [-0.2, -0.15) is 0 Å². The van der Waals surface area contributed by atoms with Crippen molar-refractivity contribution >= 4 is 41.9 Å². The molecule has 3 atom stereocenters. The number of nitrogens with one attached hydrogen (secondary N) is 4. The van der Waals surface area contributed by atoms with Crippen molar-refractivity contribution in [3.8, 4) is 11.5 Å². The molecular formula is C39H50N4O12. The van der Waals surface area contributed by atoms with Crippen LogP contribution in [0.15, 0.2) is 72.8 Å². The third-order valence-electron chi connectivity index (χ3n) is 7.75. The first-order chi connectivity index (χ1) is 26.2. The van der Waals surface area contributed by atoms with Gasteiger partial charge in [-0.3, -0.25) is 9.59 Å². The monoisotopic (exact) mass is 766 g/mol. The van der Waals surface area contributed by atoms with Crippen LogP contribution in [0.2, 0.25) is 0 Å². The van der Waals surface area contributed by atoms with E-state index in [1.54, 1.807) is 38.1 Å². The molecule has 4 N–H and O–H groups in total. The maximum Gasteiger partial charge on any atom is 0.338 e. The molecule has 16 nitrogen and oxygen atoms in total. The Morgan fingerprint density at radius 3 is 1.45 bits per heavy atom. The Morgan fingerprint density at radius 2 is 1.05 bits per heavy atom. The minimum Gasteiger partial charge on any atom is -0.467 e. The smallest absolute Gasteiger partial charge is 0.338 e. The zero-order valence-electron chi connectivity index (χ0n) is 31.8. The number of carbonyl (C=O) groups excluding carboxylic acids is 7. The van der Waals surface area contributed by atoms with Crippen molar-refractivity contribution in [3.63, 3.8) is 0 Å². The lowest BCUT2D eigenvalue weighted by molar-refractivity contribution is -0.145. The number of carbonyl (C=O) groups is 7. The predicted molar refractivity (Wildman–Crippen MR) is 200 cm³/mol. The van der Waals surface area contributed by atoms with E-state index in [1.807, 2.05) is 0 Å². The average Bonchev–Trinajstić information content (AvgIpc) is 3.15. The van der Waals surface area contributed by atoms with Crippen LogP contribution in [0.1, 0.15) is 69.9 Å². The number of esters is 5. The molecule has 0 spiro atoms. The number of unbranched alkanes of at least 4 members (excludes halogenated alkanes) is 1. The zero-order valence-corrected chi connectivity index (χ0v) is 31.8. The molecule has 298 valence electrons. The molecule has 0 saturated heterocycles. The standard InChI is InChI=1S/C39H50N4O12/c1-8-52-35(46)30(26-13-17-28(18-14-26)54-33(44)24(3)4)22-41-38(49)40-21-11-10-12-32(37(48)51-7)43-39(50)42-23-31(36(47)53-9-2)27-15-19-29(20-16-27)55-34(45)25(5)6/h13-20,30-32H,3,5,8-12,21-23H2,1-2,4,6-7H3,(H2,40,41,49)(H2,42,43,50)/t30?,31?,32-/m0/s1. The molecule has 55 heavy (non-hydrogen) atoms. The van der Waals surface area contributed by atoms with E-state index in [2.05, 4.69) is 34.4 Å². The molecule has 16 heteroatoms. The fourth-order valence-electron chi connectivity index (χ4n) is 4.81. The molecule has 0 aliphatic rings. The number of ether oxygens (including phenoxy) is 5. The van der Waals surface area contributed by atoms with Gasteiger partial charge in [0.05, 0.1) is 32.2 Å². The van der Waals surface area contributed by atoms with E-state index in [1.165, 1.54) is 45.2 Å². The van der Waals surface area contributed by atoms with Crippen LogP contribution in [-0.4, -0.2) is 87.9 Å². The van der Waals surface area contributed by atoms with E-state index in [0.29, 0.717) is 24.0 Å². The van der Waals surface area contributed by atoms with Crippen molar-refractivity contribution in [2.75, 3.05) is 40.0 Å². The quantitative estimate of drug-likeness (QED) is 0.0468. The summed E-state index contributed by atoms with van der Waals surface area (Å²) in [5.41, 5.74) is 1.48. The number of benzene rings is 2. The van der Waals surface area contributed by atoms with Crippen molar-refractivity contribution in [3.05, 3.63) is 84.0 Å². The van der Waals surface area contributed by atoms with Crippen molar-refractivity contribution in [1.82, 2.24) is 21.3 Å². The molecule has 0 aromatic heterocycles. The molecule has 2 unspecified atom stereocenters. The second-order valence-corrected chi connectivity index (χ2v) is 12.1. The summed E-state index contributed by atoms with van der Waals surface area (Å²) in [6.07, 6.45) is 1.01. The Hall–Kier alpha value is -6.19. The highest BCUT2D eigenvalue weighted by Gasteiger charge is 2.26. The van der Waals surface area contributed by atoms with Gasteiger partial charge < -0.3 is 45.0 Å². The lowest BCUT2D eigenvalue weighted by Gasteiger charge is -2.20. The van der Waals surface area contributed by atoms with Crippen LogP contribution in [-0.2, 0) is 38.2 Å². The van der Waals surface area contributed by atoms with Crippen molar-refractivity contribution in [2.45, 2.75) is 64.8 Å². The van der Waals surface area contributed by atoms with Crippen LogP contribution < -0.4 is 30.7 Å². The van der Waals surface area contributed by atoms with E-state index in [4.69, 9.17) is 23.7 Å². The molecule has 0 fully saturated rings. The Morgan fingerprint density at radius 1 is 0.618 bits per heavy atom. The summed E-state index contributed by atoms with van der Waals surface area (Å²) < 4.78 is 25.6. The Balaban J connectivity index is 1.89. The summed E-state index contributed by atoms with van der Waals surface area (Å²) in [7, 11) is 1.19. The molecule has 2 aromatic rings. The van der Waals surface area contributed by atoms with Crippen LogP contribution in [0.4, 0.5) is 9.59 Å². The molecule has 0 heterocycles. The lowest BCUT2D eigenvalue weighted by atomic mass is 9.99. The molecule has 0 bridgehead atoms. The minimum absolute atomic E-state index is 0.0772. The van der Waals surface area contributed by atoms with Gasteiger partial charge in [0, 0.05) is 30.8 Å². The first kappa shape index (κ1) is 45.0. The molecule has 0 radical (unpaired) electrons. The van der Waals surface area contributed by atoms with Gasteiger partial charge in [0.1, 0.15) is 17.5 Å². The van der Waals surface area contributed by atoms with Gasteiger partial charge in [-0.15, -0.1) is 0 Å². The molecule has 2 rings (SSSR count). The second-order valence-electron chi connectivity index (χ2n) is 12.1. The molecule has 0 aliphatic carbocycles. The van der Waals surface area contributed by atoms with Crippen molar-refractivity contribution in [1.29, 1.82) is 0 Å². The maximum atomic E-state index is 12.8. The van der Waals surface area contributed by atoms with E-state index >= 15 is 0 Å². The van der Waals surface area contributed by atoms with Crippen LogP contribution in [0.25, 0.3) is 0 Å². The molecule has 2 aromatic carbocycles. The van der Waals surface area contributed by atoms with Gasteiger partial charge in [0.2, 0.25) is 0 Å². The van der Waals surface area contributed by atoms with Crippen LogP contribution in [0.3, 0.4) is 0 Å². The molecule has 4 amide bonds. The summed E-state index contributed by atoms with van der Waals surface area (Å²) in [6.45, 7) is 13.6. The normalized spacial score (nSPS) is 12.0. The van der Waals surface area contributed by atoms with Crippen LogP contribution in [0, 0.1) is 0 Å². The number of amides is 4. The second kappa shape index (κ2) is 23.5. The van der Waals surface area contributed by atoms with Gasteiger partial charge in [0.25, 0.3) is 0 Å². The fourth-order valence-corrected chi connectivity index (χ4v) is 4.81. The first-order valence-corrected chi connectivity index (χ1v) is 17.6. The number of hydrogen-bond acceptors (Lipinski definition) is 12. The average molecular weight is 767 g/mol. The molecular weight excluding hydrogens is 716 g/mol. The lowest BCUT2D eigenvalue weighted by Crippen LogP contribution is -2.47. The highest BCUT2D eigenvalue weighted by atomic mass is 16.5. The highest BCUT2D eigenvalue weighted by molar-refractivity contribution is 5.89. The Bertz CT molecular complexity index is 1670. The fraction of sp³-hybridized carbons (Fsp3) is 0.410. The highest BCUT2D eigenvalue weighted by Crippen LogP contribution is 2.23. The van der Waals surface area contributed by atoms with Crippen LogP contribution >= 0.6 is 0 Å². The number of methoxy groups -OCH3 is 1. The Labute approximate surface area is 320 Å². The van der Waals surface area contributed by atoms with Crippen molar-refractivity contribution in [2.24, 2.45) is 0 Å². The summed E-state index contributed by atoms with van der Waals surface area (Å²) in [5.74, 6) is -4.24. The van der Waals surface area contributed by atoms with Gasteiger partial charge in [-0.05, 0) is 82.3 Å². The minimum atomic E-state index is -1.02. The SMILES string of the molecule is C=C(C)C(=O)Oc1ccc(C(CNC(=O)NCCCC[C@H](NC(=O)NCC(C(=O)OCC)c2ccc(OC(=O)C(=C)C)cc2)C(=O)OC)C(=O)OCC)cc1. The number of rotatable bonds is 21. The van der Waals surface area contributed by atoms with Gasteiger partial charge in [-0.25, -0.2) is 24.0 Å². The first-order valence-electron chi connectivity index (χ1n) is 17.6. The summed E-state index contributed by atoms with van der Waals surface area (Å²) in [6, 6.07) is 10.1. The largest absolute Gasteiger partial charge is 0.467 e. The third kappa shape index (κ3) is 15.8. The maximum absolute atomic E-state index is 12.8. The van der Waals surface area contributed by atoms with E-state index in [0.717, 1.165) is 0 Å². The summed E-state index contributed by atoms with van der Waals surface area (Å²) in [5, 5.41) is 10.5. The van der Waals surface area contributed by atoms with Crippen molar-refractivity contribution < 1.29 is 57.2 Å². The van der Waals surface area contributed by atoms with E-state index in [9.17, 15) is 33.6 Å². The Kier molecular flexibility index (Phi) is 19.2. The van der Waals surface area contributed by atoms with E-state index < -0.39 is 59.8 Å². The van der Waals surface area contributed by atoms with Gasteiger partial charge in [0.15, 0.2) is 0 Å². The molecule has 0 aliphatic heterocycles. The summed E-state index contributed by atoms with van der Waals surface area (Å²) >= 11 is 0. The molecule has 0 saturated carbocycles. The zero-order chi connectivity index (χ0) is 40.9. The third-order valence-corrected chi connectivity index (χ3v) is 7.75. The number of urea groups is 2. The van der Waals surface area contributed by atoms with Crippen LogP contribution in [0.5, 0.6) is 11.5 Å². The number of hydrogen-bond donors (Lipinski definition) is 4. The summed E-state index contributed by atoms with van der Waals surface area (Å²) in [4.78, 5) is 86.9. The van der Waals surface area contributed by atoms with E-state index in [-0.39, 0.29) is 61.9 Å². The predicted octanol–water partition coefficient (Wildman–Crippen LogP) is 3.95. The topological polar surface area (TPSA) is 214 Å².